The lowest BCUT2D eigenvalue weighted by Crippen LogP contribution is -2.19. The molecule has 0 aliphatic heterocycles. The van der Waals surface area contributed by atoms with Crippen LogP contribution in [-0.2, 0) is 5.60 Å². The van der Waals surface area contributed by atoms with Gasteiger partial charge in [-0.3, -0.25) is 4.57 Å². The summed E-state index contributed by atoms with van der Waals surface area (Å²) in [6.07, 6.45) is 1.45. The van der Waals surface area contributed by atoms with Crippen molar-refractivity contribution in [2.45, 2.75) is 19.4 Å². The Hall–Kier alpha value is -2.51. The average molecular weight is 333 g/mol. The van der Waals surface area contributed by atoms with Gasteiger partial charge in [-0.15, -0.1) is 0 Å². The molecule has 0 spiro atoms. The van der Waals surface area contributed by atoms with Gasteiger partial charge in [-0.05, 0) is 43.6 Å². The Kier molecular flexibility index (Phi) is 3.54. The van der Waals surface area contributed by atoms with Gasteiger partial charge in [0.05, 0.1) is 5.69 Å². The fourth-order valence-corrected chi connectivity index (χ4v) is 2.37. The lowest BCUT2D eigenvalue weighted by Gasteiger charge is -2.17. The first-order chi connectivity index (χ1) is 10.8. The van der Waals surface area contributed by atoms with E-state index in [1.54, 1.807) is 32.0 Å². The zero-order valence-corrected chi connectivity index (χ0v) is 13.1. The second-order valence-electron chi connectivity index (χ2n) is 5.53. The fraction of sp³-hybridized carbons (Fsp3) is 0.200. The maximum Gasteiger partial charge on any atom is 0.353 e. The number of nitrogens with zero attached hydrogens (tertiary/aromatic N) is 4. The predicted molar refractivity (Wildman–Crippen MR) is 83.9 cm³/mol. The Labute approximate surface area is 136 Å². The summed E-state index contributed by atoms with van der Waals surface area (Å²) in [5.41, 5.74) is -0.428. The van der Waals surface area contributed by atoms with Gasteiger partial charge in [0.15, 0.2) is 5.65 Å². The third-order valence-corrected chi connectivity index (χ3v) is 3.50. The van der Waals surface area contributed by atoms with Crippen molar-refractivity contribution >= 4 is 28.6 Å². The summed E-state index contributed by atoms with van der Waals surface area (Å²) in [6, 6.07) is 6.44. The van der Waals surface area contributed by atoms with Crippen LogP contribution in [0.5, 0.6) is 0 Å². The molecular weight excluding hydrogens is 320 g/mol. The number of fused-ring (bicyclic) bond motifs is 1. The van der Waals surface area contributed by atoms with Crippen LogP contribution in [0.1, 0.15) is 30.0 Å². The summed E-state index contributed by atoms with van der Waals surface area (Å²) in [4.78, 5) is 23.9. The van der Waals surface area contributed by atoms with Crippen LogP contribution in [0.25, 0.3) is 16.9 Å². The van der Waals surface area contributed by atoms with Gasteiger partial charge in [0.1, 0.15) is 17.1 Å². The molecule has 0 aromatic carbocycles. The van der Waals surface area contributed by atoms with E-state index in [9.17, 15) is 15.0 Å². The summed E-state index contributed by atoms with van der Waals surface area (Å²) in [5, 5.41) is 20.1. The number of carboxylic acid groups (broad SMARTS) is 1. The van der Waals surface area contributed by atoms with Gasteiger partial charge in [-0.1, -0.05) is 6.07 Å². The third kappa shape index (κ3) is 2.76. The first kappa shape index (κ1) is 15.4. The van der Waals surface area contributed by atoms with Crippen molar-refractivity contribution in [2.75, 3.05) is 0 Å². The van der Waals surface area contributed by atoms with E-state index in [0.29, 0.717) is 22.5 Å². The lowest BCUT2D eigenvalue weighted by molar-refractivity contribution is 0.0688. The fourth-order valence-electron chi connectivity index (χ4n) is 2.25. The molecule has 0 saturated heterocycles. The molecule has 3 aromatic heterocycles. The maximum atomic E-state index is 11.6. The summed E-state index contributed by atoms with van der Waals surface area (Å²) in [6.45, 7) is 3.20. The molecule has 0 fully saturated rings. The summed E-state index contributed by atoms with van der Waals surface area (Å²) in [5.74, 6) is -0.804. The Balaban J connectivity index is 2.32. The number of aliphatic hydroxyl groups is 1. The minimum atomic E-state index is -1.16. The van der Waals surface area contributed by atoms with Gasteiger partial charge >= 0.3 is 5.97 Å². The first-order valence-electron chi connectivity index (χ1n) is 6.75. The van der Waals surface area contributed by atoms with E-state index in [1.165, 1.54) is 16.8 Å². The van der Waals surface area contributed by atoms with E-state index in [1.807, 2.05) is 0 Å². The van der Waals surface area contributed by atoms with E-state index in [0.717, 1.165) is 0 Å². The molecule has 3 rings (SSSR count). The normalized spacial score (nSPS) is 11.8. The lowest BCUT2D eigenvalue weighted by atomic mass is 10.1. The number of carbonyl (C=O) groups is 1. The minimum absolute atomic E-state index is 0.00688. The standard InChI is InChI=1S/C15H13ClN4O3/c1-15(2,23)10-4-3-5-11(18-10)20-9(13(21)22)6-8-7-17-14(16)19-12(8)20/h3-7,23H,1-2H3,(H,21,22). The zero-order valence-electron chi connectivity index (χ0n) is 12.4. The highest BCUT2D eigenvalue weighted by Crippen LogP contribution is 2.25. The minimum Gasteiger partial charge on any atom is -0.477 e. The number of pyridine rings is 1. The van der Waals surface area contributed by atoms with Crippen molar-refractivity contribution in [1.29, 1.82) is 0 Å². The molecule has 0 unspecified atom stereocenters. The second kappa shape index (κ2) is 5.29. The number of halogens is 1. The predicted octanol–water partition coefficient (Wildman–Crippen LogP) is 2.39. The monoisotopic (exact) mass is 332 g/mol. The molecule has 23 heavy (non-hydrogen) atoms. The first-order valence-corrected chi connectivity index (χ1v) is 7.13. The van der Waals surface area contributed by atoms with Crippen LogP contribution >= 0.6 is 11.6 Å². The Morgan fingerprint density at radius 2 is 2.04 bits per heavy atom. The molecule has 8 heteroatoms. The van der Waals surface area contributed by atoms with Gasteiger partial charge in [0, 0.05) is 11.6 Å². The van der Waals surface area contributed by atoms with Gasteiger partial charge in [0.2, 0.25) is 5.28 Å². The molecule has 0 aliphatic carbocycles. The quantitative estimate of drug-likeness (QED) is 0.714. The topological polar surface area (TPSA) is 101 Å². The number of aromatic carboxylic acids is 1. The van der Waals surface area contributed by atoms with Crippen molar-refractivity contribution in [1.82, 2.24) is 19.5 Å². The highest BCUT2D eigenvalue weighted by molar-refractivity contribution is 6.28. The molecular formula is C15H13ClN4O3. The number of aromatic nitrogens is 4. The van der Waals surface area contributed by atoms with E-state index >= 15 is 0 Å². The molecule has 0 atom stereocenters. The highest BCUT2D eigenvalue weighted by atomic mass is 35.5. The van der Waals surface area contributed by atoms with Gasteiger partial charge in [-0.2, -0.15) is 4.98 Å². The maximum absolute atomic E-state index is 11.6. The molecule has 3 aromatic rings. The van der Waals surface area contributed by atoms with E-state index < -0.39 is 11.6 Å². The Bertz CT molecular complexity index is 915. The van der Waals surface area contributed by atoms with Gasteiger partial charge in [-0.25, -0.2) is 14.8 Å². The van der Waals surface area contributed by atoms with Crippen LogP contribution < -0.4 is 0 Å². The van der Waals surface area contributed by atoms with E-state index in [4.69, 9.17) is 11.6 Å². The van der Waals surface area contributed by atoms with Crippen molar-refractivity contribution in [3.05, 3.63) is 47.1 Å². The van der Waals surface area contributed by atoms with Crippen molar-refractivity contribution in [3.8, 4) is 5.82 Å². The second-order valence-corrected chi connectivity index (χ2v) is 5.87. The summed E-state index contributed by atoms with van der Waals surface area (Å²) < 4.78 is 1.38. The van der Waals surface area contributed by atoms with Crippen LogP contribution in [0.4, 0.5) is 0 Å². The SMILES string of the molecule is CC(C)(O)c1cccc(-n2c(C(=O)O)cc3cnc(Cl)nc32)n1. The van der Waals surface area contributed by atoms with Crippen LogP contribution in [0.3, 0.4) is 0 Å². The molecule has 7 nitrogen and oxygen atoms in total. The Morgan fingerprint density at radius 1 is 1.30 bits per heavy atom. The van der Waals surface area contributed by atoms with Crippen LogP contribution in [0.2, 0.25) is 5.28 Å². The number of hydrogen-bond donors (Lipinski definition) is 2. The largest absolute Gasteiger partial charge is 0.477 e. The van der Waals surface area contributed by atoms with Crippen molar-refractivity contribution in [2.24, 2.45) is 0 Å². The highest BCUT2D eigenvalue weighted by Gasteiger charge is 2.22. The Morgan fingerprint density at radius 3 is 2.70 bits per heavy atom. The van der Waals surface area contributed by atoms with Crippen molar-refractivity contribution < 1.29 is 15.0 Å². The molecule has 0 saturated carbocycles. The summed E-state index contributed by atoms with van der Waals surface area (Å²) in [7, 11) is 0. The summed E-state index contributed by atoms with van der Waals surface area (Å²) >= 11 is 5.83. The molecule has 0 radical (unpaired) electrons. The van der Waals surface area contributed by atoms with Crippen LogP contribution in [0, 0.1) is 0 Å². The zero-order chi connectivity index (χ0) is 16.8. The van der Waals surface area contributed by atoms with Crippen LogP contribution in [0.15, 0.2) is 30.5 Å². The average Bonchev–Trinajstić information content (AvgIpc) is 2.85. The van der Waals surface area contributed by atoms with Gasteiger partial charge < -0.3 is 10.2 Å². The molecule has 0 aliphatic rings. The van der Waals surface area contributed by atoms with E-state index in [2.05, 4.69) is 15.0 Å². The molecule has 118 valence electrons. The number of carboxylic acids is 1. The number of hydrogen-bond acceptors (Lipinski definition) is 5. The van der Waals surface area contributed by atoms with Crippen LogP contribution in [-0.4, -0.2) is 35.7 Å². The third-order valence-electron chi connectivity index (χ3n) is 3.32. The molecule has 2 N–H and O–H groups in total. The smallest absolute Gasteiger partial charge is 0.353 e. The van der Waals surface area contributed by atoms with Gasteiger partial charge in [0.25, 0.3) is 0 Å². The molecule has 0 amide bonds. The van der Waals surface area contributed by atoms with E-state index in [-0.39, 0.29) is 11.0 Å². The molecule has 0 bridgehead atoms. The number of rotatable bonds is 3. The molecule has 3 heterocycles. The van der Waals surface area contributed by atoms with Crippen molar-refractivity contribution in [3.63, 3.8) is 0 Å².